The minimum absolute atomic E-state index is 0.591. The average molecular weight is 242 g/mol. The van der Waals surface area contributed by atoms with Crippen LogP contribution in [0.15, 0.2) is 36.7 Å². The summed E-state index contributed by atoms with van der Waals surface area (Å²) < 4.78 is 1.98. The van der Waals surface area contributed by atoms with Crippen LogP contribution in [0.5, 0.6) is 0 Å². The third-order valence-corrected chi connectivity index (χ3v) is 3.93. The molecule has 0 spiro atoms. The second-order valence-corrected chi connectivity index (χ2v) is 5.17. The number of aliphatic hydroxyl groups is 1. The van der Waals surface area contributed by atoms with Gasteiger partial charge in [-0.15, -0.1) is 0 Å². The molecule has 0 bridgehead atoms. The molecular formula is C15H18N2O. The van der Waals surface area contributed by atoms with Gasteiger partial charge in [0.2, 0.25) is 0 Å². The van der Waals surface area contributed by atoms with Crippen LogP contribution in [-0.2, 0) is 25.5 Å². The van der Waals surface area contributed by atoms with E-state index in [0.29, 0.717) is 6.42 Å². The summed E-state index contributed by atoms with van der Waals surface area (Å²) >= 11 is 0. The van der Waals surface area contributed by atoms with Crippen molar-refractivity contribution in [3.8, 4) is 0 Å². The van der Waals surface area contributed by atoms with Gasteiger partial charge in [0.25, 0.3) is 0 Å². The number of aromatic nitrogens is 2. The standard InChI is InChI=1S/C15H18N2O/c1-17-10-9-16-14(17)11-15(18)8-4-6-12-5-2-3-7-13(12)15/h2-3,5,7,9-10,18H,4,6,8,11H2,1H3. The Kier molecular flexibility index (Phi) is 2.71. The van der Waals surface area contributed by atoms with Gasteiger partial charge in [-0.1, -0.05) is 24.3 Å². The van der Waals surface area contributed by atoms with Crippen molar-refractivity contribution >= 4 is 0 Å². The van der Waals surface area contributed by atoms with Crippen LogP contribution in [0.1, 0.15) is 29.8 Å². The highest BCUT2D eigenvalue weighted by Crippen LogP contribution is 2.37. The van der Waals surface area contributed by atoms with Crippen molar-refractivity contribution in [2.75, 3.05) is 0 Å². The summed E-state index contributed by atoms with van der Waals surface area (Å²) in [6, 6.07) is 8.23. The zero-order chi connectivity index (χ0) is 12.6. The summed E-state index contributed by atoms with van der Waals surface area (Å²) in [5, 5.41) is 11.0. The molecule has 94 valence electrons. The van der Waals surface area contributed by atoms with Crippen LogP contribution in [0, 0.1) is 0 Å². The normalized spacial score (nSPS) is 22.8. The van der Waals surface area contributed by atoms with Gasteiger partial charge in [0.1, 0.15) is 5.82 Å². The van der Waals surface area contributed by atoms with Crippen LogP contribution < -0.4 is 0 Å². The number of benzene rings is 1. The van der Waals surface area contributed by atoms with Crippen molar-refractivity contribution in [3.63, 3.8) is 0 Å². The lowest BCUT2D eigenvalue weighted by Crippen LogP contribution is -2.33. The first-order valence-electron chi connectivity index (χ1n) is 6.46. The van der Waals surface area contributed by atoms with Gasteiger partial charge in [-0.2, -0.15) is 0 Å². The molecule has 0 saturated carbocycles. The van der Waals surface area contributed by atoms with Crippen molar-refractivity contribution in [2.24, 2.45) is 7.05 Å². The first kappa shape index (κ1) is 11.5. The summed E-state index contributed by atoms with van der Waals surface area (Å²) in [7, 11) is 1.97. The first-order valence-corrected chi connectivity index (χ1v) is 6.46. The predicted molar refractivity (Wildman–Crippen MR) is 70.2 cm³/mol. The maximum atomic E-state index is 11.0. The summed E-state index contributed by atoms with van der Waals surface area (Å²) in [6.07, 6.45) is 7.22. The topological polar surface area (TPSA) is 38.0 Å². The molecule has 0 amide bonds. The molecule has 0 aliphatic heterocycles. The van der Waals surface area contributed by atoms with E-state index in [2.05, 4.69) is 17.1 Å². The molecule has 1 atom stereocenters. The minimum Gasteiger partial charge on any atom is -0.385 e. The number of rotatable bonds is 2. The predicted octanol–water partition coefficient (Wildman–Crippen LogP) is 2.19. The Morgan fingerprint density at radius 1 is 1.39 bits per heavy atom. The zero-order valence-corrected chi connectivity index (χ0v) is 10.6. The fourth-order valence-corrected chi connectivity index (χ4v) is 2.91. The Balaban J connectivity index is 1.98. The van der Waals surface area contributed by atoms with E-state index >= 15 is 0 Å². The van der Waals surface area contributed by atoms with Crippen LogP contribution in [0.25, 0.3) is 0 Å². The third-order valence-electron chi connectivity index (χ3n) is 3.93. The van der Waals surface area contributed by atoms with Crippen LogP contribution in [0.2, 0.25) is 0 Å². The summed E-state index contributed by atoms with van der Waals surface area (Å²) in [4.78, 5) is 4.33. The molecule has 1 N–H and O–H groups in total. The van der Waals surface area contributed by atoms with E-state index in [1.165, 1.54) is 5.56 Å². The van der Waals surface area contributed by atoms with E-state index in [0.717, 1.165) is 30.7 Å². The molecular weight excluding hydrogens is 224 g/mol. The Bertz CT molecular complexity index is 561. The summed E-state index contributed by atoms with van der Waals surface area (Å²) in [5.74, 6) is 0.939. The van der Waals surface area contributed by atoms with Gasteiger partial charge in [0.05, 0.1) is 5.60 Å². The molecule has 18 heavy (non-hydrogen) atoms. The molecule has 1 aliphatic carbocycles. The fraction of sp³-hybridized carbons (Fsp3) is 0.400. The quantitative estimate of drug-likeness (QED) is 0.876. The molecule has 0 radical (unpaired) electrons. The monoisotopic (exact) mass is 242 g/mol. The SMILES string of the molecule is Cn1ccnc1CC1(O)CCCc2ccccc21. The summed E-state index contributed by atoms with van der Waals surface area (Å²) in [6.45, 7) is 0. The van der Waals surface area contributed by atoms with Crippen molar-refractivity contribution in [1.29, 1.82) is 0 Å². The number of aryl methyl sites for hydroxylation is 2. The Morgan fingerprint density at radius 2 is 2.22 bits per heavy atom. The summed E-state index contributed by atoms with van der Waals surface area (Å²) in [5.41, 5.74) is 1.60. The minimum atomic E-state index is -0.756. The lowest BCUT2D eigenvalue weighted by molar-refractivity contribution is 0.0165. The first-order chi connectivity index (χ1) is 8.69. The van der Waals surface area contributed by atoms with Crippen LogP contribution >= 0.6 is 0 Å². The van der Waals surface area contributed by atoms with Gasteiger partial charge in [-0.3, -0.25) is 0 Å². The van der Waals surface area contributed by atoms with Crippen molar-refractivity contribution in [2.45, 2.75) is 31.3 Å². The number of hydrogen-bond donors (Lipinski definition) is 1. The molecule has 0 fully saturated rings. The van der Waals surface area contributed by atoms with Gasteiger partial charge in [0.15, 0.2) is 0 Å². The van der Waals surface area contributed by atoms with Crippen LogP contribution in [-0.4, -0.2) is 14.7 Å². The van der Waals surface area contributed by atoms with Crippen molar-refractivity contribution in [3.05, 3.63) is 53.6 Å². The van der Waals surface area contributed by atoms with Gasteiger partial charge in [-0.05, 0) is 30.4 Å². The average Bonchev–Trinajstić information content (AvgIpc) is 2.75. The van der Waals surface area contributed by atoms with Crippen molar-refractivity contribution < 1.29 is 5.11 Å². The molecule has 2 aromatic rings. The van der Waals surface area contributed by atoms with E-state index < -0.39 is 5.60 Å². The highest BCUT2D eigenvalue weighted by molar-refractivity contribution is 5.35. The van der Waals surface area contributed by atoms with E-state index in [1.807, 2.05) is 29.9 Å². The second-order valence-electron chi connectivity index (χ2n) is 5.17. The fourth-order valence-electron chi connectivity index (χ4n) is 2.91. The maximum Gasteiger partial charge on any atom is 0.111 e. The highest BCUT2D eigenvalue weighted by atomic mass is 16.3. The highest BCUT2D eigenvalue weighted by Gasteiger charge is 2.35. The Morgan fingerprint density at radius 3 is 3.00 bits per heavy atom. The smallest absolute Gasteiger partial charge is 0.111 e. The van der Waals surface area contributed by atoms with Crippen LogP contribution in [0.3, 0.4) is 0 Å². The lowest BCUT2D eigenvalue weighted by Gasteiger charge is -2.34. The zero-order valence-electron chi connectivity index (χ0n) is 10.6. The molecule has 1 unspecified atom stereocenters. The van der Waals surface area contributed by atoms with E-state index in [-0.39, 0.29) is 0 Å². The van der Waals surface area contributed by atoms with Gasteiger partial charge in [-0.25, -0.2) is 4.98 Å². The maximum absolute atomic E-state index is 11.0. The number of hydrogen-bond acceptors (Lipinski definition) is 2. The molecule has 3 nitrogen and oxygen atoms in total. The van der Waals surface area contributed by atoms with Crippen molar-refractivity contribution in [1.82, 2.24) is 9.55 Å². The van der Waals surface area contributed by atoms with Gasteiger partial charge in [0, 0.05) is 25.9 Å². The molecule has 1 aromatic heterocycles. The molecule has 1 heterocycles. The largest absolute Gasteiger partial charge is 0.385 e. The molecule has 3 rings (SSSR count). The van der Waals surface area contributed by atoms with E-state index in [1.54, 1.807) is 6.20 Å². The number of imidazole rings is 1. The lowest BCUT2D eigenvalue weighted by atomic mass is 9.77. The second kappa shape index (κ2) is 4.25. The van der Waals surface area contributed by atoms with Crippen LogP contribution in [0.4, 0.5) is 0 Å². The van der Waals surface area contributed by atoms with Gasteiger partial charge >= 0.3 is 0 Å². The molecule has 0 saturated heterocycles. The molecule has 1 aliphatic rings. The number of fused-ring (bicyclic) bond motifs is 1. The third kappa shape index (κ3) is 1.85. The van der Waals surface area contributed by atoms with E-state index in [4.69, 9.17) is 0 Å². The number of nitrogens with zero attached hydrogens (tertiary/aromatic N) is 2. The molecule has 1 aromatic carbocycles. The van der Waals surface area contributed by atoms with E-state index in [9.17, 15) is 5.11 Å². The molecule has 3 heteroatoms. The Labute approximate surface area is 107 Å². The Hall–Kier alpha value is -1.61. The van der Waals surface area contributed by atoms with Gasteiger partial charge < -0.3 is 9.67 Å².